The zero-order valence-corrected chi connectivity index (χ0v) is 13.4. The molecule has 0 aliphatic heterocycles. The van der Waals surface area contributed by atoms with Crippen molar-refractivity contribution in [3.63, 3.8) is 0 Å². The molecule has 0 saturated heterocycles. The third kappa shape index (κ3) is 12.7. The second-order valence-corrected chi connectivity index (χ2v) is 13.0. The van der Waals surface area contributed by atoms with E-state index in [1.807, 2.05) is 0 Å². The second-order valence-electron chi connectivity index (χ2n) is 3.71. The van der Waals surface area contributed by atoms with Crippen LogP contribution in [0.2, 0.25) is 6.04 Å². The predicted molar refractivity (Wildman–Crippen MR) is 77.4 cm³/mol. The zero-order chi connectivity index (χ0) is 14.0. The van der Waals surface area contributed by atoms with Crippen molar-refractivity contribution in [3.8, 4) is 0 Å². The van der Waals surface area contributed by atoms with E-state index in [2.05, 4.69) is 5.32 Å². The molecule has 0 fully saturated rings. The number of aliphatic hydroxyl groups is 1. The Morgan fingerprint density at radius 3 is 2.72 bits per heavy atom. The fourth-order valence-electron chi connectivity index (χ4n) is 1.10. The van der Waals surface area contributed by atoms with Crippen molar-refractivity contribution < 1.29 is 14.6 Å². The van der Waals surface area contributed by atoms with E-state index in [0.717, 1.165) is 6.42 Å². The van der Waals surface area contributed by atoms with Crippen LogP contribution in [0, 0.1) is 0 Å². The molecule has 0 rings (SSSR count). The molecule has 0 aromatic heterocycles. The molecule has 0 heterocycles. The van der Waals surface area contributed by atoms with Gasteiger partial charge in [-0.25, -0.2) is 4.79 Å². The number of hydrogen-bond acceptors (Lipinski definition) is 4. The molecule has 0 aromatic rings. The maximum absolute atomic E-state index is 11.0. The summed E-state index contributed by atoms with van der Waals surface area (Å²) >= 11 is 17.2. The van der Waals surface area contributed by atoms with Gasteiger partial charge in [-0.05, 0) is 25.9 Å². The third-order valence-electron chi connectivity index (χ3n) is 1.91. The summed E-state index contributed by atoms with van der Waals surface area (Å²) in [6, 6.07) is -1.96. The van der Waals surface area contributed by atoms with Gasteiger partial charge in [0.05, 0.1) is 0 Å². The lowest BCUT2D eigenvalue weighted by molar-refractivity contribution is -0.140. The Balaban J connectivity index is 3.48. The first-order valence-electron chi connectivity index (χ1n) is 5.60. The molecule has 106 valence electrons. The molecule has 0 saturated carbocycles. The highest BCUT2D eigenvalue weighted by molar-refractivity contribution is 7.64. The van der Waals surface area contributed by atoms with Crippen molar-refractivity contribution >= 4 is 45.2 Å². The predicted octanol–water partition coefficient (Wildman–Crippen LogP) is 2.10. The van der Waals surface area contributed by atoms with Crippen LogP contribution < -0.4 is 5.32 Å². The van der Waals surface area contributed by atoms with Crippen molar-refractivity contribution in [2.75, 3.05) is 19.7 Å². The molecule has 4 nitrogen and oxygen atoms in total. The van der Waals surface area contributed by atoms with E-state index in [4.69, 9.17) is 38.0 Å². The molecule has 2 N–H and O–H groups in total. The molecule has 8 heteroatoms. The SMILES string of the molecule is CC=CC(=O)OCC(O)CNCCC[Si](Cl)(Cl)Cl. The van der Waals surface area contributed by atoms with E-state index in [1.165, 1.54) is 6.08 Å². The first-order chi connectivity index (χ1) is 8.35. The quantitative estimate of drug-likeness (QED) is 0.223. The Bertz CT molecular complexity index is 272. The fourth-order valence-corrected chi connectivity index (χ4v) is 2.88. The monoisotopic (exact) mass is 333 g/mol. The van der Waals surface area contributed by atoms with Gasteiger partial charge in [-0.3, -0.25) is 0 Å². The van der Waals surface area contributed by atoms with Gasteiger partial charge in [0.2, 0.25) is 0 Å². The molecule has 0 amide bonds. The van der Waals surface area contributed by atoms with Crippen molar-refractivity contribution in [3.05, 3.63) is 12.2 Å². The zero-order valence-electron chi connectivity index (χ0n) is 10.2. The van der Waals surface area contributed by atoms with Gasteiger partial charge < -0.3 is 15.2 Å². The number of carbonyl (C=O) groups is 1. The Labute approximate surface area is 122 Å². The van der Waals surface area contributed by atoms with Gasteiger partial charge >= 0.3 is 12.0 Å². The van der Waals surface area contributed by atoms with Gasteiger partial charge in [-0.15, -0.1) is 33.2 Å². The average molecular weight is 335 g/mol. The number of rotatable bonds is 9. The number of ether oxygens (including phenoxy) is 1. The number of halogens is 3. The number of hydrogen-bond donors (Lipinski definition) is 2. The number of nitrogens with one attached hydrogen (secondary N) is 1. The van der Waals surface area contributed by atoms with E-state index >= 15 is 0 Å². The van der Waals surface area contributed by atoms with Crippen LogP contribution in [0.5, 0.6) is 0 Å². The summed E-state index contributed by atoms with van der Waals surface area (Å²) in [6.07, 6.45) is 2.89. The van der Waals surface area contributed by atoms with Crippen LogP contribution in [-0.4, -0.2) is 42.9 Å². The smallest absolute Gasteiger partial charge is 0.341 e. The summed E-state index contributed by atoms with van der Waals surface area (Å²) in [7, 11) is 0. The minimum Gasteiger partial charge on any atom is -0.460 e. The van der Waals surface area contributed by atoms with Gasteiger partial charge in [0, 0.05) is 12.6 Å². The van der Waals surface area contributed by atoms with Crippen LogP contribution in [0.3, 0.4) is 0 Å². The van der Waals surface area contributed by atoms with E-state index in [9.17, 15) is 9.90 Å². The Kier molecular flexibility index (Phi) is 10.2. The summed E-state index contributed by atoms with van der Waals surface area (Å²) in [4.78, 5) is 11.0. The highest BCUT2D eigenvalue weighted by Crippen LogP contribution is 2.25. The number of carbonyl (C=O) groups excluding carboxylic acids is 1. The summed E-state index contributed by atoms with van der Waals surface area (Å²) in [5.41, 5.74) is 0. The van der Waals surface area contributed by atoms with Crippen molar-refractivity contribution in [1.29, 1.82) is 0 Å². The lowest BCUT2D eigenvalue weighted by Crippen LogP contribution is -2.32. The van der Waals surface area contributed by atoms with Gasteiger partial charge in [-0.1, -0.05) is 6.08 Å². The first kappa shape index (κ1) is 18.2. The molecule has 0 bridgehead atoms. The molecular weight excluding hydrogens is 317 g/mol. The minimum absolute atomic E-state index is 0.0324. The van der Waals surface area contributed by atoms with Gasteiger partial charge in [0.15, 0.2) is 0 Å². The molecule has 1 unspecified atom stereocenters. The summed E-state index contributed by atoms with van der Waals surface area (Å²) in [5, 5.41) is 12.5. The van der Waals surface area contributed by atoms with Crippen LogP contribution in [0.15, 0.2) is 12.2 Å². The first-order valence-corrected chi connectivity index (χ1v) is 10.8. The largest absolute Gasteiger partial charge is 0.460 e. The van der Waals surface area contributed by atoms with Crippen LogP contribution in [-0.2, 0) is 9.53 Å². The average Bonchev–Trinajstić information content (AvgIpc) is 2.25. The number of allylic oxidation sites excluding steroid dienone is 1. The molecule has 0 aliphatic carbocycles. The molecule has 18 heavy (non-hydrogen) atoms. The topological polar surface area (TPSA) is 58.6 Å². The number of aliphatic hydroxyl groups excluding tert-OH is 1. The lowest BCUT2D eigenvalue weighted by atomic mass is 10.3. The minimum atomic E-state index is -2.54. The standard InChI is InChI=1S/C10H18Cl3NO3Si/c1-2-4-10(16)17-8-9(15)7-14-5-3-6-18(11,12)13/h2,4,9,14-15H,3,5-8H2,1H3. The van der Waals surface area contributed by atoms with Crippen LogP contribution in [0.1, 0.15) is 13.3 Å². The highest BCUT2D eigenvalue weighted by Gasteiger charge is 2.23. The number of esters is 1. The maximum Gasteiger partial charge on any atom is 0.341 e. The van der Waals surface area contributed by atoms with Crippen molar-refractivity contribution in [2.45, 2.75) is 25.5 Å². The van der Waals surface area contributed by atoms with E-state index in [-0.39, 0.29) is 6.61 Å². The molecular formula is C10H18Cl3NO3Si. The fraction of sp³-hybridized carbons (Fsp3) is 0.700. The maximum atomic E-state index is 11.0. The van der Waals surface area contributed by atoms with Gasteiger partial charge in [0.25, 0.3) is 0 Å². The van der Waals surface area contributed by atoms with Crippen LogP contribution in [0.4, 0.5) is 0 Å². The Morgan fingerprint density at radius 1 is 1.50 bits per heavy atom. The van der Waals surface area contributed by atoms with E-state index < -0.39 is 18.1 Å². The van der Waals surface area contributed by atoms with Gasteiger partial charge in [-0.2, -0.15) is 0 Å². The highest BCUT2D eigenvalue weighted by atomic mass is 35.8. The molecule has 0 radical (unpaired) electrons. The Hall–Kier alpha value is 0.217. The second kappa shape index (κ2) is 10.1. The molecule has 0 aliphatic rings. The summed E-state index contributed by atoms with van der Waals surface area (Å²) in [6.45, 7) is 2.67. The van der Waals surface area contributed by atoms with Crippen LogP contribution in [0.25, 0.3) is 0 Å². The van der Waals surface area contributed by atoms with Gasteiger partial charge in [0.1, 0.15) is 12.7 Å². The van der Waals surface area contributed by atoms with E-state index in [0.29, 0.717) is 19.1 Å². The molecule has 0 spiro atoms. The Morgan fingerprint density at radius 2 is 2.17 bits per heavy atom. The summed E-state index contributed by atoms with van der Waals surface area (Å²) in [5.74, 6) is -0.459. The van der Waals surface area contributed by atoms with Crippen LogP contribution >= 0.6 is 33.2 Å². The molecule has 1 atom stereocenters. The third-order valence-corrected chi connectivity index (χ3v) is 4.54. The molecule has 0 aromatic carbocycles. The van der Waals surface area contributed by atoms with Crippen molar-refractivity contribution in [1.82, 2.24) is 5.32 Å². The summed E-state index contributed by atoms with van der Waals surface area (Å²) < 4.78 is 4.78. The lowest BCUT2D eigenvalue weighted by Gasteiger charge is -2.12. The van der Waals surface area contributed by atoms with Crippen molar-refractivity contribution in [2.24, 2.45) is 0 Å². The van der Waals surface area contributed by atoms with E-state index in [1.54, 1.807) is 13.0 Å². The normalized spacial score (nSPS) is 13.8.